The lowest BCUT2D eigenvalue weighted by molar-refractivity contribution is -0.118. The van der Waals surface area contributed by atoms with E-state index in [1.807, 2.05) is 0 Å². The molecule has 0 bridgehead atoms. The van der Waals surface area contributed by atoms with Gasteiger partial charge in [0.15, 0.2) is 0 Å². The molecule has 0 N–H and O–H groups in total. The first kappa shape index (κ1) is 7.25. The minimum absolute atomic E-state index is 0.193. The maximum absolute atomic E-state index is 10.4. The fraction of sp³-hybridized carbons (Fsp3) is 0.875. The van der Waals surface area contributed by atoms with Crippen LogP contribution in [-0.2, 0) is 14.3 Å². The van der Waals surface area contributed by atoms with E-state index in [9.17, 15) is 4.79 Å². The van der Waals surface area contributed by atoms with Gasteiger partial charge in [0.05, 0.1) is 12.2 Å². The summed E-state index contributed by atoms with van der Waals surface area (Å²) in [4.78, 5) is 10.4. The van der Waals surface area contributed by atoms with E-state index in [-0.39, 0.29) is 18.3 Å². The van der Waals surface area contributed by atoms with E-state index in [4.69, 9.17) is 9.47 Å². The van der Waals surface area contributed by atoms with Crippen LogP contribution < -0.4 is 0 Å². The van der Waals surface area contributed by atoms with Gasteiger partial charge in [0.1, 0.15) is 12.4 Å². The number of aldehydes is 1. The number of hydrogen-bond acceptors (Lipinski definition) is 3. The standard InChI is InChI=1S/C8H12O3/c9-5-6-4-8-7(11-6)2-1-3-10-8/h5-8H,1-4H2/t6-,7+,8+/m0/s1. The largest absolute Gasteiger partial charge is 0.375 e. The zero-order valence-electron chi connectivity index (χ0n) is 6.36. The lowest BCUT2D eigenvalue weighted by Crippen LogP contribution is -2.29. The summed E-state index contributed by atoms with van der Waals surface area (Å²) in [5, 5.41) is 0. The van der Waals surface area contributed by atoms with Crippen molar-refractivity contribution in [1.82, 2.24) is 0 Å². The number of carbonyl (C=O) groups excluding carboxylic acids is 1. The first-order valence-electron chi connectivity index (χ1n) is 4.12. The van der Waals surface area contributed by atoms with Gasteiger partial charge in [0.25, 0.3) is 0 Å². The summed E-state index contributed by atoms with van der Waals surface area (Å²) in [5.74, 6) is 0. The van der Waals surface area contributed by atoms with Gasteiger partial charge in [-0.15, -0.1) is 0 Å². The van der Waals surface area contributed by atoms with Gasteiger partial charge in [-0.25, -0.2) is 0 Å². The minimum atomic E-state index is -0.205. The highest BCUT2D eigenvalue weighted by Crippen LogP contribution is 2.28. The van der Waals surface area contributed by atoms with Crippen LogP contribution in [0.15, 0.2) is 0 Å². The summed E-state index contributed by atoms with van der Waals surface area (Å²) in [6, 6.07) is 0. The van der Waals surface area contributed by atoms with Gasteiger partial charge in [0, 0.05) is 13.0 Å². The molecule has 62 valence electrons. The molecule has 2 aliphatic rings. The molecule has 0 aromatic rings. The Morgan fingerprint density at radius 3 is 3.00 bits per heavy atom. The Hall–Kier alpha value is -0.410. The summed E-state index contributed by atoms with van der Waals surface area (Å²) in [5.41, 5.74) is 0. The smallest absolute Gasteiger partial charge is 0.148 e. The number of rotatable bonds is 1. The van der Waals surface area contributed by atoms with Crippen LogP contribution in [0.25, 0.3) is 0 Å². The van der Waals surface area contributed by atoms with Crippen molar-refractivity contribution in [2.75, 3.05) is 6.61 Å². The van der Waals surface area contributed by atoms with Crippen LogP contribution in [0.1, 0.15) is 19.3 Å². The first-order valence-corrected chi connectivity index (χ1v) is 4.12. The molecule has 0 saturated carbocycles. The van der Waals surface area contributed by atoms with E-state index in [0.717, 1.165) is 32.2 Å². The second-order valence-electron chi connectivity index (χ2n) is 3.14. The molecule has 0 aromatic carbocycles. The van der Waals surface area contributed by atoms with Crippen molar-refractivity contribution in [3.05, 3.63) is 0 Å². The lowest BCUT2D eigenvalue weighted by atomic mass is 10.0. The molecule has 2 aliphatic heterocycles. The van der Waals surface area contributed by atoms with Crippen LogP contribution in [0.4, 0.5) is 0 Å². The second kappa shape index (κ2) is 2.91. The van der Waals surface area contributed by atoms with E-state index in [1.54, 1.807) is 0 Å². The molecule has 3 heteroatoms. The van der Waals surface area contributed by atoms with Crippen molar-refractivity contribution < 1.29 is 14.3 Å². The molecule has 3 atom stereocenters. The SMILES string of the molecule is O=C[C@@H]1C[C@H]2OCCC[C@H]2O1. The molecular weight excluding hydrogens is 144 g/mol. The summed E-state index contributed by atoms with van der Waals surface area (Å²) in [6.45, 7) is 0.829. The van der Waals surface area contributed by atoms with Crippen LogP contribution >= 0.6 is 0 Å². The number of carbonyl (C=O) groups is 1. The summed E-state index contributed by atoms with van der Waals surface area (Å²) >= 11 is 0. The molecule has 0 radical (unpaired) electrons. The van der Waals surface area contributed by atoms with Crippen molar-refractivity contribution in [2.45, 2.75) is 37.6 Å². The van der Waals surface area contributed by atoms with Gasteiger partial charge < -0.3 is 14.3 Å². The predicted molar refractivity (Wildman–Crippen MR) is 38.3 cm³/mol. The zero-order chi connectivity index (χ0) is 7.68. The second-order valence-corrected chi connectivity index (χ2v) is 3.14. The van der Waals surface area contributed by atoms with Crippen LogP contribution in [0.3, 0.4) is 0 Å². The Balaban J connectivity index is 1.97. The van der Waals surface area contributed by atoms with E-state index < -0.39 is 0 Å². The van der Waals surface area contributed by atoms with E-state index in [0.29, 0.717) is 0 Å². The molecule has 0 amide bonds. The summed E-state index contributed by atoms with van der Waals surface area (Å²) in [7, 11) is 0. The van der Waals surface area contributed by atoms with Crippen LogP contribution in [0.2, 0.25) is 0 Å². The van der Waals surface area contributed by atoms with Crippen LogP contribution in [0.5, 0.6) is 0 Å². The Labute approximate surface area is 65.7 Å². The van der Waals surface area contributed by atoms with Gasteiger partial charge >= 0.3 is 0 Å². The Bertz CT molecular complexity index is 143. The maximum atomic E-state index is 10.4. The summed E-state index contributed by atoms with van der Waals surface area (Å²) < 4.78 is 10.9. The molecule has 11 heavy (non-hydrogen) atoms. The molecule has 3 nitrogen and oxygen atoms in total. The minimum Gasteiger partial charge on any atom is -0.375 e. The monoisotopic (exact) mass is 156 g/mol. The highest BCUT2D eigenvalue weighted by atomic mass is 16.6. The first-order chi connectivity index (χ1) is 5.40. The van der Waals surface area contributed by atoms with E-state index >= 15 is 0 Å². The quantitative estimate of drug-likeness (QED) is 0.519. The predicted octanol–water partition coefficient (Wildman–Crippen LogP) is 0.522. The molecule has 2 rings (SSSR count). The molecule has 0 spiro atoms. The lowest BCUT2D eigenvalue weighted by Gasteiger charge is -2.23. The van der Waals surface area contributed by atoms with Gasteiger partial charge in [0.2, 0.25) is 0 Å². The van der Waals surface area contributed by atoms with Gasteiger partial charge in [-0.05, 0) is 12.8 Å². The fourth-order valence-electron chi connectivity index (χ4n) is 1.78. The molecule has 2 fully saturated rings. The molecule has 0 aromatic heterocycles. The Kier molecular flexibility index (Phi) is 1.92. The maximum Gasteiger partial charge on any atom is 0.148 e. The van der Waals surface area contributed by atoms with Crippen molar-refractivity contribution in [3.63, 3.8) is 0 Å². The average Bonchev–Trinajstić information content (AvgIpc) is 2.46. The van der Waals surface area contributed by atoms with Gasteiger partial charge in [-0.3, -0.25) is 0 Å². The van der Waals surface area contributed by atoms with Crippen molar-refractivity contribution >= 4 is 6.29 Å². The highest BCUT2D eigenvalue weighted by Gasteiger charge is 2.37. The number of ether oxygens (including phenoxy) is 2. The molecule has 2 heterocycles. The molecular formula is C8H12O3. The molecule has 0 aliphatic carbocycles. The number of fused-ring (bicyclic) bond motifs is 1. The third-order valence-corrected chi connectivity index (χ3v) is 2.35. The Morgan fingerprint density at radius 2 is 2.27 bits per heavy atom. The summed E-state index contributed by atoms with van der Waals surface area (Å²) in [6.07, 6.45) is 3.93. The van der Waals surface area contributed by atoms with E-state index in [2.05, 4.69) is 0 Å². The highest BCUT2D eigenvalue weighted by molar-refractivity contribution is 5.56. The van der Waals surface area contributed by atoms with Crippen molar-refractivity contribution in [2.24, 2.45) is 0 Å². The zero-order valence-corrected chi connectivity index (χ0v) is 6.36. The van der Waals surface area contributed by atoms with Crippen molar-refractivity contribution in [3.8, 4) is 0 Å². The fourth-order valence-corrected chi connectivity index (χ4v) is 1.78. The average molecular weight is 156 g/mol. The van der Waals surface area contributed by atoms with E-state index in [1.165, 1.54) is 0 Å². The molecule has 0 unspecified atom stereocenters. The third-order valence-electron chi connectivity index (χ3n) is 2.35. The van der Waals surface area contributed by atoms with Crippen LogP contribution in [0, 0.1) is 0 Å². The van der Waals surface area contributed by atoms with Crippen LogP contribution in [-0.4, -0.2) is 31.2 Å². The number of hydrogen-bond donors (Lipinski definition) is 0. The normalized spacial score (nSPS) is 43.5. The topological polar surface area (TPSA) is 35.5 Å². The van der Waals surface area contributed by atoms with Crippen molar-refractivity contribution in [1.29, 1.82) is 0 Å². The Morgan fingerprint density at radius 1 is 1.36 bits per heavy atom. The third kappa shape index (κ3) is 1.30. The molecule has 2 saturated heterocycles. The van der Waals surface area contributed by atoms with Gasteiger partial charge in [-0.2, -0.15) is 0 Å². The van der Waals surface area contributed by atoms with Gasteiger partial charge in [-0.1, -0.05) is 0 Å².